The molecule has 0 radical (unpaired) electrons. The number of aryl methyl sites for hydroxylation is 3. The standard InChI is InChI=1S/C12H19N3O3/c1-9-8-10(2)15(14-9)7-3-6-13-11(16)4-5-12(17)18/h8H,3-7H2,1-2H3,(H,13,16)(H,17,18). The number of aliphatic carboxylic acids is 1. The highest BCUT2D eigenvalue weighted by Gasteiger charge is 2.05. The molecule has 0 saturated carbocycles. The van der Waals surface area contributed by atoms with Crippen LogP contribution in [0.15, 0.2) is 6.07 Å². The summed E-state index contributed by atoms with van der Waals surface area (Å²) in [5, 5.41) is 15.4. The van der Waals surface area contributed by atoms with Crippen molar-refractivity contribution in [1.29, 1.82) is 0 Å². The van der Waals surface area contributed by atoms with Crippen LogP contribution in [-0.4, -0.2) is 33.3 Å². The maximum atomic E-state index is 11.2. The number of hydrogen-bond donors (Lipinski definition) is 2. The molecule has 0 aliphatic rings. The Hall–Kier alpha value is -1.85. The summed E-state index contributed by atoms with van der Waals surface area (Å²) in [6.07, 6.45) is 0.694. The van der Waals surface area contributed by atoms with E-state index < -0.39 is 5.97 Å². The second-order valence-electron chi connectivity index (χ2n) is 4.25. The molecule has 0 spiro atoms. The van der Waals surface area contributed by atoms with Crippen LogP contribution in [0.25, 0.3) is 0 Å². The Bertz CT molecular complexity index is 426. The molecule has 0 fully saturated rings. The first-order chi connectivity index (χ1) is 8.49. The number of nitrogens with zero attached hydrogens (tertiary/aromatic N) is 2. The quantitative estimate of drug-likeness (QED) is 0.706. The molecule has 1 rings (SSSR count). The number of rotatable bonds is 7. The topological polar surface area (TPSA) is 84.2 Å². The number of carboxylic acid groups (broad SMARTS) is 1. The molecule has 0 saturated heterocycles. The summed E-state index contributed by atoms with van der Waals surface area (Å²) in [5.41, 5.74) is 2.09. The van der Waals surface area contributed by atoms with Gasteiger partial charge in [-0.2, -0.15) is 5.10 Å². The summed E-state index contributed by atoms with van der Waals surface area (Å²) < 4.78 is 1.90. The number of amides is 1. The number of carbonyl (C=O) groups is 2. The fourth-order valence-electron chi connectivity index (χ4n) is 1.67. The first-order valence-corrected chi connectivity index (χ1v) is 5.98. The molecule has 0 aliphatic heterocycles. The molecule has 0 unspecified atom stereocenters. The first-order valence-electron chi connectivity index (χ1n) is 5.98. The van der Waals surface area contributed by atoms with Crippen LogP contribution in [-0.2, 0) is 16.1 Å². The van der Waals surface area contributed by atoms with Crippen molar-refractivity contribution in [3.8, 4) is 0 Å². The first kappa shape index (κ1) is 14.2. The third kappa shape index (κ3) is 4.99. The van der Waals surface area contributed by atoms with Crippen LogP contribution in [0.3, 0.4) is 0 Å². The predicted molar refractivity (Wildman–Crippen MR) is 66.2 cm³/mol. The zero-order valence-electron chi connectivity index (χ0n) is 10.8. The van der Waals surface area contributed by atoms with Gasteiger partial charge in [0.2, 0.25) is 5.91 Å². The second-order valence-corrected chi connectivity index (χ2v) is 4.25. The molecule has 0 aliphatic carbocycles. The molecule has 6 nitrogen and oxygen atoms in total. The summed E-state index contributed by atoms with van der Waals surface area (Å²) in [7, 11) is 0. The molecule has 1 aromatic heterocycles. The molecular formula is C12H19N3O3. The van der Waals surface area contributed by atoms with Crippen LogP contribution >= 0.6 is 0 Å². The van der Waals surface area contributed by atoms with E-state index in [1.165, 1.54) is 0 Å². The van der Waals surface area contributed by atoms with Gasteiger partial charge in [0.25, 0.3) is 0 Å². The summed E-state index contributed by atoms with van der Waals surface area (Å²) >= 11 is 0. The molecule has 2 N–H and O–H groups in total. The highest BCUT2D eigenvalue weighted by Crippen LogP contribution is 2.02. The van der Waals surface area contributed by atoms with E-state index in [1.54, 1.807) is 0 Å². The molecule has 0 bridgehead atoms. The molecular weight excluding hydrogens is 234 g/mol. The smallest absolute Gasteiger partial charge is 0.303 e. The van der Waals surface area contributed by atoms with Gasteiger partial charge in [0.1, 0.15) is 0 Å². The summed E-state index contributed by atoms with van der Waals surface area (Å²) in [4.78, 5) is 21.5. The average molecular weight is 253 g/mol. The van der Waals surface area contributed by atoms with Gasteiger partial charge in [-0.1, -0.05) is 0 Å². The maximum absolute atomic E-state index is 11.2. The van der Waals surface area contributed by atoms with Crippen LogP contribution < -0.4 is 5.32 Å². The van der Waals surface area contributed by atoms with Crippen molar-refractivity contribution in [3.63, 3.8) is 0 Å². The number of aromatic nitrogens is 2. The van der Waals surface area contributed by atoms with Crippen molar-refractivity contribution < 1.29 is 14.7 Å². The normalized spacial score (nSPS) is 10.3. The molecule has 1 aromatic rings. The van der Waals surface area contributed by atoms with E-state index in [9.17, 15) is 9.59 Å². The lowest BCUT2D eigenvalue weighted by Crippen LogP contribution is -2.25. The molecule has 100 valence electrons. The van der Waals surface area contributed by atoms with E-state index in [0.717, 1.165) is 24.4 Å². The van der Waals surface area contributed by atoms with E-state index in [-0.39, 0.29) is 18.7 Å². The van der Waals surface area contributed by atoms with Crippen molar-refractivity contribution in [2.45, 2.75) is 39.7 Å². The van der Waals surface area contributed by atoms with Crippen LogP contribution in [0, 0.1) is 13.8 Å². The third-order valence-corrected chi connectivity index (χ3v) is 2.54. The number of hydrogen-bond acceptors (Lipinski definition) is 3. The highest BCUT2D eigenvalue weighted by atomic mass is 16.4. The van der Waals surface area contributed by atoms with Gasteiger partial charge in [-0.3, -0.25) is 14.3 Å². The van der Waals surface area contributed by atoms with E-state index in [0.29, 0.717) is 6.54 Å². The van der Waals surface area contributed by atoms with Crippen molar-refractivity contribution in [2.24, 2.45) is 0 Å². The van der Waals surface area contributed by atoms with Crippen molar-refractivity contribution in [3.05, 3.63) is 17.5 Å². The van der Waals surface area contributed by atoms with Gasteiger partial charge < -0.3 is 10.4 Å². The molecule has 1 heterocycles. The number of carboxylic acids is 1. The zero-order chi connectivity index (χ0) is 13.5. The SMILES string of the molecule is Cc1cc(C)n(CCCNC(=O)CCC(=O)O)n1. The van der Waals surface area contributed by atoms with Gasteiger partial charge in [-0.25, -0.2) is 0 Å². The lowest BCUT2D eigenvalue weighted by Gasteiger charge is -2.06. The van der Waals surface area contributed by atoms with Crippen molar-refractivity contribution in [1.82, 2.24) is 15.1 Å². The average Bonchev–Trinajstić information content (AvgIpc) is 2.60. The van der Waals surface area contributed by atoms with Crippen LogP contribution in [0.2, 0.25) is 0 Å². The monoisotopic (exact) mass is 253 g/mol. The van der Waals surface area contributed by atoms with Crippen LogP contribution in [0.5, 0.6) is 0 Å². The molecule has 0 aromatic carbocycles. The number of carbonyl (C=O) groups excluding carboxylic acids is 1. The van der Waals surface area contributed by atoms with Gasteiger partial charge in [-0.15, -0.1) is 0 Å². The summed E-state index contributed by atoms with van der Waals surface area (Å²) in [6, 6.07) is 2.01. The largest absolute Gasteiger partial charge is 0.481 e. The van der Waals surface area contributed by atoms with E-state index in [4.69, 9.17) is 5.11 Å². The van der Waals surface area contributed by atoms with Crippen molar-refractivity contribution in [2.75, 3.05) is 6.54 Å². The van der Waals surface area contributed by atoms with Crippen LogP contribution in [0.1, 0.15) is 30.7 Å². The van der Waals surface area contributed by atoms with Gasteiger partial charge >= 0.3 is 5.97 Å². The van der Waals surface area contributed by atoms with Gasteiger partial charge in [0.05, 0.1) is 12.1 Å². The number of nitrogens with one attached hydrogen (secondary N) is 1. The Labute approximate surface area is 106 Å². The molecule has 1 amide bonds. The lowest BCUT2D eigenvalue weighted by atomic mass is 10.3. The molecule has 6 heteroatoms. The fraction of sp³-hybridized carbons (Fsp3) is 0.583. The minimum Gasteiger partial charge on any atom is -0.481 e. The van der Waals surface area contributed by atoms with Crippen LogP contribution in [0.4, 0.5) is 0 Å². The Morgan fingerprint density at radius 2 is 2.11 bits per heavy atom. The minimum atomic E-state index is -0.951. The Morgan fingerprint density at radius 3 is 2.67 bits per heavy atom. The zero-order valence-corrected chi connectivity index (χ0v) is 10.8. The minimum absolute atomic E-state index is 0.0369. The fourth-order valence-corrected chi connectivity index (χ4v) is 1.67. The Morgan fingerprint density at radius 1 is 1.39 bits per heavy atom. The van der Waals surface area contributed by atoms with Gasteiger partial charge in [0.15, 0.2) is 0 Å². The lowest BCUT2D eigenvalue weighted by molar-refractivity contribution is -0.138. The van der Waals surface area contributed by atoms with Gasteiger partial charge in [-0.05, 0) is 26.3 Å². The Kier molecular flexibility index (Phi) is 5.35. The summed E-state index contributed by atoms with van der Waals surface area (Å²) in [5.74, 6) is -1.17. The molecule has 0 atom stereocenters. The van der Waals surface area contributed by atoms with Gasteiger partial charge in [0, 0.05) is 25.2 Å². The second kappa shape index (κ2) is 6.78. The Balaban J connectivity index is 2.17. The van der Waals surface area contributed by atoms with E-state index in [2.05, 4.69) is 10.4 Å². The van der Waals surface area contributed by atoms with Crippen molar-refractivity contribution >= 4 is 11.9 Å². The van der Waals surface area contributed by atoms with E-state index in [1.807, 2.05) is 24.6 Å². The molecule has 18 heavy (non-hydrogen) atoms. The summed E-state index contributed by atoms with van der Waals surface area (Å²) in [6.45, 7) is 5.22. The third-order valence-electron chi connectivity index (χ3n) is 2.54. The predicted octanol–water partition coefficient (Wildman–Crippen LogP) is 0.871. The van der Waals surface area contributed by atoms with E-state index >= 15 is 0 Å². The maximum Gasteiger partial charge on any atom is 0.303 e. The highest BCUT2D eigenvalue weighted by molar-refractivity contribution is 5.80.